The molecule has 4 aromatic rings. The lowest BCUT2D eigenvalue weighted by molar-refractivity contribution is 0.0952. The molecule has 152 valence electrons. The van der Waals surface area contributed by atoms with Crippen molar-refractivity contribution < 1.29 is 4.79 Å². The molecule has 9 heteroatoms. The number of nitrogens with zero attached hydrogens (tertiary/aromatic N) is 5. The number of aromatic nitrogens is 4. The summed E-state index contributed by atoms with van der Waals surface area (Å²) in [7, 11) is 3.99. The molecule has 1 amide bonds. The van der Waals surface area contributed by atoms with Gasteiger partial charge in [-0.2, -0.15) is 0 Å². The second-order valence-corrected chi connectivity index (χ2v) is 7.85. The average molecular weight is 420 g/mol. The van der Waals surface area contributed by atoms with E-state index >= 15 is 0 Å². The largest absolute Gasteiger partial charge is 0.382 e. The molecule has 0 spiro atoms. The molecule has 0 fully saturated rings. The van der Waals surface area contributed by atoms with Crippen molar-refractivity contribution >= 4 is 28.7 Å². The zero-order valence-electron chi connectivity index (χ0n) is 16.6. The van der Waals surface area contributed by atoms with Gasteiger partial charge in [0.25, 0.3) is 11.9 Å². The summed E-state index contributed by atoms with van der Waals surface area (Å²) in [5.41, 5.74) is 9.07. The summed E-state index contributed by atoms with van der Waals surface area (Å²) in [6.07, 6.45) is 3.21. The maximum absolute atomic E-state index is 12.5. The molecule has 3 N–H and O–H groups in total. The summed E-state index contributed by atoms with van der Waals surface area (Å²) in [6.45, 7) is 0.441. The first-order valence-electron chi connectivity index (χ1n) is 9.28. The van der Waals surface area contributed by atoms with Crippen LogP contribution in [0.25, 0.3) is 17.2 Å². The fourth-order valence-electron chi connectivity index (χ4n) is 2.89. The highest BCUT2D eigenvalue weighted by Crippen LogP contribution is 2.21. The smallest absolute Gasteiger partial charge is 0.256 e. The van der Waals surface area contributed by atoms with Gasteiger partial charge in [0.05, 0.1) is 12.2 Å². The molecule has 0 aliphatic rings. The molecule has 0 radical (unpaired) electrons. The Morgan fingerprint density at radius 2 is 2.00 bits per heavy atom. The zero-order chi connectivity index (χ0) is 21.1. The monoisotopic (exact) mass is 419 g/mol. The Labute approximate surface area is 178 Å². The first-order valence-corrected chi connectivity index (χ1v) is 10.2. The van der Waals surface area contributed by atoms with Gasteiger partial charge in [0.2, 0.25) is 0 Å². The van der Waals surface area contributed by atoms with E-state index in [9.17, 15) is 4.79 Å². The van der Waals surface area contributed by atoms with Crippen LogP contribution in [0.4, 0.5) is 11.5 Å². The van der Waals surface area contributed by atoms with Crippen LogP contribution in [-0.2, 0) is 6.54 Å². The molecule has 0 bridgehead atoms. The van der Waals surface area contributed by atoms with Gasteiger partial charge in [0.15, 0.2) is 5.82 Å². The minimum Gasteiger partial charge on any atom is -0.382 e. The van der Waals surface area contributed by atoms with Gasteiger partial charge in [-0.25, -0.2) is 14.6 Å². The lowest BCUT2D eigenvalue weighted by Crippen LogP contribution is -2.22. The van der Waals surface area contributed by atoms with Crippen LogP contribution in [0, 0.1) is 0 Å². The first-order chi connectivity index (χ1) is 14.5. The van der Waals surface area contributed by atoms with Crippen molar-refractivity contribution in [3.05, 3.63) is 70.7 Å². The molecular weight excluding hydrogens is 398 g/mol. The highest BCUT2D eigenvalue weighted by molar-refractivity contribution is 7.09. The van der Waals surface area contributed by atoms with Crippen LogP contribution in [-0.4, -0.2) is 39.8 Å². The van der Waals surface area contributed by atoms with Crippen molar-refractivity contribution in [1.82, 2.24) is 25.1 Å². The standard InChI is InChI=1S/C21H21N7OS/c1-27(2)15-7-5-14(6-8-15)18-9-10-23-21(25-18)28-13-17(19(22)26-28)20(29)24-12-16-4-3-11-30-16/h3-11,13H,12H2,1-2H3,(H2,22,26)(H,24,29). The van der Waals surface area contributed by atoms with Crippen LogP contribution >= 0.6 is 11.3 Å². The van der Waals surface area contributed by atoms with Gasteiger partial charge in [-0.05, 0) is 29.6 Å². The Morgan fingerprint density at radius 1 is 1.20 bits per heavy atom. The third-order valence-electron chi connectivity index (χ3n) is 4.52. The molecule has 3 heterocycles. The Balaban J connectivity index is 1.55. The molecule has 30 heavy (non-hydrogen) atoms. The van der Waals surface area contributed by atoms with Crippen LogP contribution < -0.4 is 16.0 Å². The number of anilines is 2. The minimum absolute atomic E-state index is 0.128. The highest BCUT2D eigenvalue weighted by Gasteiger charge is 2.16. The third-order valence-corrected chi connectivity index (χ3v) is 5.39. The number of carbonyl (C=O) groups excluding carboxylic acids is 1. The summed E-state index contributed by atoms with van der Waals surface area (Å²) in [4.78, 5) is 24.4. The normalized spacial score (nSPS) is 10.7. The Morgan fingerprint density at radius 3 is 2.70 bits per heavy atom. The highest BCUT2D eigenvalue weighted by atomic mass is 32.1. The van der Waals surface area contributed by atoms with Gasteiger partial charge in [-0.1, -0.05) is 18.2 Å². The van der Waals surface area contributed by atoms with Crippen LogP contribution in [0.15, 0.2) is 60.2 Å². The molecule has 0 atom stereocenters. The molecule has 0 saturated heterocycles. The van der Waals surface area contributed by atoms with Crippen molar-refractivity contribution in [2.45, 2.75) is 6.54 Å². The van der Waals surface area contributed by atoms with Gasteiger partial charge < -0.3 is 16.0 Å². The molecule has 8 nitrogen and oxygen atoms in total. The van der Waals surface area contributed by atoms with Crippen molar-refractivity contribution in [3.8, 4) is 17.2 Å². The Bertz CT molecular complexity index is 1150. The van der Waals surface area contributed by atoms with Gasteiger partial charge >= 0.3 is 0 Å². The number of nitrogens with two attached hydrogens (primary N) is 1. The number of hydrogen-bond donors (Lipinski definition) is 2. The predicted molar refractivity (Wildman–Crippen MR) is 119 cm³/mol. The quantitative estimate of drug-likeness (QED) is 0.498. The Kier molecular flexibility index (Phi) is 5.44. The maximum Gasteiger partial charge on any atom is 0.256 e. The number of rotatable bonds is 6. The van der Waals surface area contributed by atoms with E-state index < -0.39 is 0 Å². The molecule has 0 aliphatic carbocycles. The van der Waals surface area contributed by atoms with Crippen molar-refractivity contribution in [2.24, 2.45) is 0 Å². The van der Waals surface area contributed by atoms with Crippen molar-refractivity contribution in [1.29, 1.82) is 0 Å². The number of hydrogen-bond acceptors (Lipinski definition) is 7. The average Bonchev–Trinajstić information content (AvgIpc) is 3.42. The lowest BCUT2D eigenvalue weighted by Gasteiger charge is -2.12. The van der Waals surface area contributed by atoms with Crippen LogP contribution in [0.2, 0.25) is 0 Å². The topological polar surface area (TPSA) is 102 Å². The molecule has 0 saturated carbocycles. The van der Waals surface area contributed by atoms with E-state index in [-0.39, 0.29) is 17.3 Å². The van der Waals surface area contributed by atoms with E-state index in [0.29, 0.717) is 12.5 Å². The number of carbonyl (C=O) groups is 1. The number of benzene rings is 1. The van der Waals surface area contributed by atoms with Crippen LogP contribution in [0.5, 0.6) is 0 Å². The summed E-state index contributed by atoms with van der Waals surface area (Å²) < 4.78 is 1.42. The molecule has 0 aliphatic heterocycles. The first kappa shape index (κ1) is 19.6. The zero-order valence-corrected chi connectivity index (χ0v) is 17.4. The van der Waals surface area contributed by atoms with E-state index in [4.69, 9.17) is 5.73 Å². The van der Waals surface area contributed by atoms with E-state index in [0.717, 1.165) is 21.8 Å². The fourth-order valence-corrected chi connectivity index (χ4v) is 3.53. The minimum atomic E-state index is -0.289. The summed E-state index contributed by atoms with van der Waals surface area (Å²) in [5, 5.41) is 9.04. The van der Waals surface area contributed by atoms with E-state index in [1.54, 1.807) is 23.7 Å². The van der Waals surface area contributed by atoms with Gasteiger partial charge in [0.1, 0.15) is 5.56 Å². The number of amides is 1. The van der Waals surface area contributed by atoms with Crippen molar-refractivity contribution in [3.63, 3.8) is 0 Å². The van der Waals surface area contributed by atoms with E-state index in [2.05, 4.69) is 20.4 Å². The van der Waals surface area contributed by atoms with Gasteiger partial charge in [-0.15, -0.1) is 16.4 Å². The van der Waals surface area contributed by atoms with Gasteiger partial charge in [-0.3, -0.25) is 4.79 Å². The molecule has 3 aromatic heterocycles. The fraction of sp³-hybridized carbons (Fsp3) is 0.143. The summed E-state index contributed by atoms with van der Waals surface area (Å²) in [6, 6.07) is 13.8. The van der Waals surface area contributed by atoms with Gasteiger partial charge in [0, 0.05) is 42.6 Å². The number of nitrogens with one attached hydrogen (secondary N) is 1. The number of thiophene rings is 1. The van der Waals surface area contributed by atoms with Crippen LogP contribution in [0.3, 0.4) is 0 Å². The third kappa shape index (κ3) is 4.15. The molecule has 0 unspecified atom stereocenters. The van der Waals surface area contributed by atoms with E-state index in [1.807, 2.05) is 66.8 Å². The maximum atomic E-state index is 12.5. The summed E-state index contributed by atoms with van der Waals surface area (Å²) >= 11 is 1.58. The lowest BCUT2D eigenvalue weighted by atomic mass is 10.1. The van der Waals surface area contributed by atoms with Crippen LogP contribution in [0.1, 0.15) is 15.2 Å². The van der Waals surface area contributed by atoms with E-state index in [1.165, 1.54) is 4.68 Å². The molecule has 4 rings (SSSR count). The summed E-state index contributed by atoms with van der Waals surface area (Å²) in [5.74, 6) is 0.179. The second kappa shape index (κ2) is 8.34. The second-order valence-electron chi connectivity index (χ2n) is 6.82. The number of nitrogen functional groups attached to an aromatic ring is 1. The Hall–Kier alpha value is -3.72. The molecule has 1 aromatic carbocycles. The molecular formula is C21H21N7OS. The SMILES string of the molecule is CN(C)c1ccc(-c2ccnc(-n3cc(C(=O)NCc4cccs4)c(N)n3)n2)cc1. The predicted octanol–water partition coefficient (Wildman–Crippen LogP) is 2.97. The van der Waals surface area contributed by atoms with Crippen molar-refractivity contribution in [2.75, 3.05) is 24.7 Å².